The molecule has 4 aromatic rings. The monoisotopic (exact) mass is 479 g/mol. The van der Waals surface area contributed by atoms with Gasteiger partial charge >= 0.3 is 0 Å². The number of nitrogens with one attached hydrogen (secondary N) is 2. The van der Waals surface area contributed by atoms with Crippen molar-refractivity contribution in [2.24, 2.45) is 0 Å². The molecule has 34 heavy (non-hydrogen) atoms. The summed E-state index contributed by atoms with van der Waals surface area (Å²) in [7, 11) is 3.11. The van der Waals surface area contributed by atoms with E-state index >= 15 is 0 Å². The summed E-state index contributed by atoms with van der Waals surface area (Å²) >= 11 is 1.53. The third-order valence-corrected chi connectivity index (χ3v) is 6.22. The van der Waals surface area contributed by atoms with Gasteiger partial charge in [-0.15, -0.1) is 11.3 Å². The van der Waals surface area contributed by atoms with Gasteiger partial charge in [-0.2, -0.15) is 9.78 Å². The molecule has 10 heteroatoms. The SMILES string of the molecule is CCc1c(C)nc(-n2nc(-c3cccs3)cc2NC(=O)Cc2ccc(OC)c(OC)c2)[nH]c1=O. The van der Waals surface area contributed by atoms with Crippen molar-refractivity contribution in [2.45, 2.75) is 26.7 Å². The molecule has 9 nitrogen and oxygen atoms in total. The van der Waals surface area contributed by atoms with Crippen LogP contribution in [0, 0.1) is 6.92 Å². The minimum Gasteiger partial charge on any atom is -0.493 e. The number of amides is 1. The van der Waals surface area contributed by atoms with Gasteiger partial charge in [0.2, 0.25) is 11.9 Å². The number of thiophene rings is 1. The van der Waals surface area contributed by atoms with E-state index in [9.17, 15) is 9.59 Å². The van der Waals surface area contributed by atoms with Gasteiger partial charge in [-0.3, -0.25) is 14.6 Å². The molecule has 0 fully saturated rings. The molecule has 3 heterocycles. The molecule has 0 aliphatic carbocycles. The Kier molecular flexibility index (Phi) is 6.78. The van der Waals surface area contributed by atoms with Gasteiger partial charge in [0.15, 0.2) is 11.5 Å². The molecule has 3 aromatic heterocycles. The number of carbonyl (C=O) groups excluding carboxylic acids is 1. The highest BCUT2D eigenvalue weighted by Crippen LogP contribution is 2.29. The minimum atomic E-state index is -0.254. The maximum Gasteiger partial charge on any atom is 0.255 e. The summed E-state index contributed by atoms with van der Waals surface area (Å²) < 4.78 is 12.0. The minimum absolute atomic E-state index is 0.109. The lowest BCUT2D eigenvalue weighted by atomic mass is 10.1. The Labute approximate surface area is 200 Å². The number of hydrogen-bond donors (Lipinski definition) is 2. The highest BCUT2D eigenvalue weighted by Gasteiger charge is 2.18. The van der Waals surface area contributed by atoms with Crippen LogP contribution in [0.25, 0.3) is 16.5 Å². The molecule has 2 N–H and O–H groups in total. The van der Waals surface area contributed by atoms with E-state index in [0.717, 1.165) is 10.4 Å². The fraction of sp³-hybridized carbons (Fsp3) is 0.250. The number of aromatic nitrogens is 4. The van der Waals surface area contributed by atoms with Gasteiger partial charge < -0.3 is 14.8 Å². The van der Waals surface area contributed by atoms with Gasteiger partial charge in [0.1, 0.15) is 11.5 Å². The molecular formula is C24H25N5O4S. The lowest BCUT2D eigenvalue weighted by Gasteiger charge is -2.11. The van der Waals surface area contributed by atoms with Crippen LogP contribution in [-0.2, 0) is 17.6 Å². The number of benzene rings is 1. The molecule has 0 atom stereocenters. The zero-order valence-corrected chi connectivity index (χ0v) is 20.2. The molecule has 0 bridgehead atoms. The van der Waals surface area contributed by atoms with Crippen LogP contribution < -0.4 is 20.3 Å². The highest BCUT2D eigenvalue weighted by molar-refractivity contribution is 7.13. The topological polar surface area (TPSA) is 111 Å². The molecule has 0 saturated carbocycles. The standard InChI is InChI=1S/C24H25N5O4S/c1-5-16-14(2)25-24(27-23(16)31)29-21(13-17(28-29)20-7-6-10-34-20)26-22(30)12-15-8-9-18(32-3)19(11-15)33-4/h6-11,13H,5,12H2,1-4H3,(H,26,30)(H,25,27,31). The number of hydrogen-bond acceptors (Lipinski definition) is 7. The van der Waals surface area contributed by atoms with E-state index in [4.69, 9.17) is 9.47 Å². The Hall–Kier alpha value is -3.92. The zero-order valence-electron chi connectivity index (χ0n) is 19.3. The molecular weight excluding hydrogens is 454 g/mol. The highest BCUT2D eigenvalue weighted by atomic mass is 32.1. The van der Waals surface area contributed by atoms with Crippen LogP contribution in [0.1, 0.15) is 23.7 Å². The lowest BCUT2D eigenvalue weighted by molar-refractivity contribution is -0.115. The molecule has 0 spiro atoms. The second-order valence-electron chi connectivity index (χ2n) is 7.53. The van der Waals surface area contributed by atoms with Gasteiger partial charge in [0, 0.05) is 17.3 Å². The first-order chi connectivity index (χ1) is 16.4. The van der Waals surface area contributed by atoms with Crippen LogP contribution in [0.3, 0.4) is 0 Å². The normalized spacial score (nSPS) is 10.8. The number of methoxy groups -OCH3 is 2. The number of H-pyrrole nitrogens is 1. The summed E-state index contributed by atoms with van der Waals surface area (Å²) in [6.07, 6.45) is 0.681. The van der Waals surface area contributed by atoms with E-state index in [1.807, 2.05) is 24.4 Å². The second kappa shape index (κ2) is 9.92. The van der Waals surface area contributed by atoms with Crippen LogP contribution in [0.2, 0.25) is 0 Å². The first-order valence-corrected chi connectivity index (χ1v) is 11.6. The van der Waals surface area contributed by atoms with Crippen LogP contribution in [0.5, 0.6) is 11.5 Å². The predicted molar refractivity (Wildman–Crippen MR) is 131 cm³/mol. The summed E-state index contributed by atoms with van der Waals surface area (Å²) in [5.41, 5.74) is 2.44. The smallest absolute Gasteiger partial charge is 0.255 e. The van der Waals surface area contributed by atoms with Gasteiger partial charge in [-0.1, -0.05) is 19.1 Å². The van der Waals surface area contributed by atoms with Crippen LogP contribution in [0.4, 0.5) is 5.82 Å². The van der Waals surface area contributed by atoms with Gasteiger partial charge in [-0.25, -0.2) is 4.98 Å². The molecule has 1 aromatic carbocycles. The Bertz CT molecular complexity index is 1370. The Balaban J connectivity index is 1.67. The maximum atomic E-state index is 12.9. The molecule has 0 saturated heterocycles. The van der Waals surface area contributed by atoms with Gasteiger partial charge in [0.05, 0.1) is 25.5 Å². The number of rotatable bonds is 8. The number of aromatic amines is 1. The summed E-state index contributed by atoms with van der Waals surface area (Å²) in [4.78, 5) is 33.7. The van der Waals surface area contributed by atoms with E-state index in [2.05, 4.69) is 20.4 Å². The van der Waals surface area contributed by atoms with Crippen molar-refractivity contribution in [2.75, 3.05) is 19.5 Å². The lowest BCUT2D eigenvalue weighted by Crippen LogP contribution is -2.22. The van der Waals surface area contributed by atoms with E-state index in [-0.39, 0.29) is 23.8 Å². The first kappa shape index (κ1) is 23.2. The molecule has 0 radical (unpaired) electrons. The molecule has 0 unspecified atom stereocenters. The number of anilines is 1. The van der Waals surface area contributed by atoms with Crippen molar-refractivity contribution in [1.82, 2.24) is 19.7 Å². The molecule has 1 amide bonds. The fourth-order valence-electron chi connectivity index (χ4n) is 3.65. The van der Waals surface area contributed by atoms with E-state index < -0.39 is 0 Å². The fourth-order valence-corrected chi connectivity index (χ4v) is 4.33. The van der Waals surface area contributed by atoms with Crippen molar-refractivity contribution in [3.8, 4) is 28.0 Å². The summed E-state index contributed by atoms with van der Waals surface area (Å²) in [6.45, 7) is 3.69. The van der Waals surface area contributed by atoms with Crippen molar-refractivity contribution in [3.63, 3.8) is 0 Å². The van der Waals surface area contributed by atoms with Crippen LogP contribution in [0.15, 0.2) is 46.6 Å². The molecule has 0 aliphatic rings. The molecule has 176 valence electrons. The molecule has 0 aliphatic heterocycles. The Morgan fingerprint density at radius 3 is 2.62 bits per heavy atom. The van der Waals surface area contributed by atoms with Crippen molar-refractivity contribution < 1.29 is 14.3 Å². The van der Waals surface area contributed by atoms with E-state index in [0.29, 0.717) is 40.7 Å². The third kappa shape index (κ3) is 4.72. The largest absolute Gasteiger partial charge is 0.493 e. The Morgan fingerprint density at radius 2 is 1.97 bits per heavy atom. The molecule has 4 rings (SSSR count). The van der Waals surface area contributed by atoms with E-state index in [1.165, 1.54) is 16.0 Å². The second-order valence-corrected chi connectivity index (χ2v) is 8.47. The average molecular weight is 480 g/mol. The Morgan fingerprint density at radius 1 is 1.18 bits per heavy atom. The van der Waals surface area contributed by atoms with Crippen molar-refractivity contribution in [3.05, 3.63) is 69.0 Å². The average Bonchev–Trinajstić information content (AvgIpc) is 3.49. The predicted octanol–water partition coefficient (Wildman–Crippen LogP) is 3.75. The summed E-state index contributed by atoms with van der Waals surface area (Å²) in [6, 6.07) is 11.0. The van der Waals surface area contributed by atoms with Crippen LogP contribution >= 0.6 is 11.3 Å². The quantitative estimate of drug-likeness (QED) is 0.398. The van der Waals surface area contributed by atoms with Crippen molar-refractivity contribution >= 4 is 23.1 Å². The number of ether oxygens (including phenoxy) is 2. The van der Waals surface area contributed by atoms with E-state index in [1.54, 1.807) is 45.4 Å². The summed E-state index contributed by atoms with van der Waals surface area (Å²) in [5, 5.41) is 9.47. The van der Waals surface area contributed by atoms with Crippen LogP contribution in [-0.4, -0.2) is 39.9 Å². The first-order valence-electron chi connectivity index (χ1n) is 10.7. The maximum absolute atomic E-state index is 12.9. The van der Waals surface area contributed by atoms with Gasteiger partial charge in [-0.05, 0) is 42.5 Å². The third-order valence-electron chi connectivity index (χ3n) is 5.33. The zero-order chi connectivity index (χ0) is 24.2. The number of aryl methyl sites for hydroxylation is 1. The van der Waals surface area contributed by atoms with Gasteiger partial charge in [0.25, 0.3) is 5.56 Å². The van der Waals surface area contributed by atoms with Crippen molar-refractivity contribution in [1.29, 1.82) is 0 Å². The number of carbonyl (C=O) groups is 1. The number of nitrogens with zero attached hydrogens (tertiary/aromatic N) is 3. The summed E-state index contributed by atoms with van der Waals surface area (Å²) in [5.74, 6) is 1.53.